The largest absolute Gasteiger partial charge is 0.323 e. The Balaban J connectivity index is 1.78. The fraction of sp³-hybridized carbons (Fsp3) is 0.588. The van der Waals surface area contributed by atoms with E-state index in [9.17, 15) is 4.79 Å². The van der Waals surface area contributed by atoms with Gasteiger partial charge in [0.25, 0.3) is 0 Å². The van der Waals surface area contributed by atoms with Crippen LogP contribution in [0.3, 0.4) is 0 Å². The maximum atomic E-state index is 12.8. The predicted octanol–water partition coefficient (Wildman–Crippen LogP) is 3.08. The molecular formula is C17H24N2O. The number of carbonyl (C=O) groups excluding carboxylic acids is 1. The molecule has 0 radical (unpaired) electrons. The first-order valence-corrected chi connectivity index (χ1v) is 7.80. The molecule has 1 aliphatic heterocycles. The first-order valence-electron chi connectivity index (χ1n) is 7.80. The van der Waals surface area contributed by atoms with Gasteiger partial charge in [-0.2, -0.15) is 0 Å². The van der Waals surface area contributed by atoms with Crippen LogP contribution in [0.25, 0.3) is 0 Å². The van der Waals surface area contributed by atoms with Gasteiger partial charge in [-0.1, -0.05) is 50.1 Å². The molecule has 0 spiro atoms. The van der Waals surface area contributed by atoms with Crippen LogP contribution < -0.4 is 5.32 Å². The molecule has 0 aromatic heterocycles. The molecule has 1 amide bonds. The third kappa shape index (κ3) is 2.47. The molecule has 1 saturated heterocycles. The number of carbonyl (C=O) groups is 1. The maximum Gasteiger partial charge on any atom is 0.245 e. The van der Waals surface area contributed by atoms with Crippen molar-refractivity contribution in [3.8, 4) is 0 Å². The van der Waals surface area contributed by atoms with E-state index in [0.717, 1.165) is 24.3 Å². The minimum atomic E-state index is -0.163. The molecule has 3 rings (SSSR count). The standard InChI is InChI=1S/C17H24N2O/c1-12-7-6-10-15(11-12)19-13(2)18-16(17(19)20)14-8-4-3-5-9-14/h3-5,8-9,12-13,15-16,18H,6-7,10-11H2,1-2H3. The van der Waals surface area contributed by atoms with Gasteiger partial charge in [0.05, 0.1) is 6.17 Å². The van der Waals surface area contributed by atoms with Gasteiger partial charge >= 0.3 is 0 Å². The van der Waals surface area contributed by atoms with Crippen molar-refractivity contribution in [1.29, 1.82) is 0 Å². The van der Waals surface area contributed by atoms with E-state index in [1.165, 1.54) is 12.8 Å². The van der Waals surface area contributed by atoms with Crippen LogP contribution in [-0.4, -0.2) is 23.0 Å². The second-order valence-electron chi connectivity index (χ2n) is 6.36. The topological polar surface area (TPSA) is 32.3 Å². The lowest BCUT2D eigenvalue weighted by atomic mass is 9.86. The zero-order valence-electron chi connectivity index (χ0n) is 12.4. The van der Waals surface area contributed by atoms with Gasteiger partial charge in [0.15, 0.2) is 0 Å². The van der Waals surface area contributed by atoms with E-state index in [-0.39, 0.29) is 18.1 Å². The summed E-state index contributed by atoms with van der Waals surface area (Å²) in [6, 6.07) is 10.3. The Morgan fingerprint density at radius 2 is 1.90 bits per heavy atom. The quantitative estimate of drug-likeness (QED) is 0.897. The van der Waals surface area contributed by atoms with Crippen LogP contribution in [0.5, 0.6) is 0 Å². The Labute approximate surface area is 121 Å². The molecule has 1 heterocycles. The van der Waals surface area contributed by atoms with Gasteiger partial charge in [0, 0.05) is 6.04 Å². The Morgan fingerprint density at radius 3 is 2.60 bits per heavy atom. The Kier molecular flexibility index (Phi) is 3.79. The van der Waals surface area contributed by atoms with Crippen molar-refractivity contribution in [2.45, 2.75) is 57.8 Å². The van der Waals surface area contributed by atoms with E-state index in [4.69, 9.17) is 0 Å². The van der Waals surface area contributed by atoms with Gasteiger partial charge in [-0.05, 0) is 31.2 Å². The van der Waals surface area contributed by atoms with E-state index < -0.39 is 0 Å². The number of benzene rings is 1. The van der Waals surface area contributed by atoms with Gasteiger partial charge in [0.1, 0.15) is 6.04 Å². The van der Waals surface area contributed by atoms with Gasteiger partial charge in [-0.25, -0.2) is 0 Å². The fourth-order valence-corrected chi connectivity index (χ4v) is 3.77. The predicted molar refractivity (Wildman–Crippen MR) is 80.0 cm³/mol. The van der Waals surface area contributed by atoms with Gasteiger partial charge in [-0.15, -0.1) is 0 Å². The van der Waals surface area contributed by atoms with Crippen LogP contribution in [0.4, 0.5) is 0 Å². The van der Waals surface area contributed by atoms with Gasteiger partial charge in [0.2, 0.25) is 5.91 Å². The second kappa shape index (κ2) is 5.57. The number of rotatable bonds is 2. The zero-order valence-corrected chi connectivity index (χ0v) is 12.4. The molecule has 108 valence electrons. The molecule has 1 saturated carbocycles. The smallest absolute Gasteiger partial charge is 0.245 e. The van der Waals surface area contributed by atoms with Crippen LogP contribution in [-0.2, 0) is 4.79 Å². The Hall–Kier alpha value is -1.35. The number of amides is 1. The molecule has 2 fully saturated rings. The molecule has 1 aromatic carbocycles. The summed E-state index contributed by atoms with van der Waals surface area (Å²) in [6.45, 7) is 4.42. The molecule has 1 aromatic rings. The summed E-state index contributed by atoms with van der Waals surface area (Å²) in [5.74, 6) is 0.993. The highest BCUT2D eigenvalue weighted by molar-refractivity contribution is 5.86. The normalized spacial score (nSPS) is 34.5. The highest BCUT2D eigenvalue weighted by atomic mass is 16.2. The lowest BCUT2D eigenvalue weighted by Crippen LogP contribution is -2.45. The summed E-state index contributed by atoms with van der Waals surface area (Å²) in [7, 11) is 0. The van der Waals surface area contributed by atoms with Crippen molar-refractivity contribution in [3.05, 3.63) is 35.9 Å². The van der Waals surface area contributed by atoms with Gasteiger partial charge in [-0.3, -0.25) is 10.1 Å². The molecule has 4 atom stereocenters. The van der Waals surface area contributed by atoms with Crippen molar-refractivity contribution in [2.75, 3.05) is 0 Å². The SMILES string of the molecule is CC1CCCC(N2C(=O)C(c3ccccc3)NC2C)C1. The molecule has 0 bridgehead atoms. The summed E-state index contributed by atoms with van der Waals surface area (Å²) in [4.78, 5) is 14.9. The molecule has 1 aliphatic carbocycles. The van der Waals surface area contributed by atoms with Crippen molar-refractivity contribution in [1.82, 2.24) is 10.2 Å². The van der Waals surface area contributed by atoms with Crippen LogP contribution in [0.1, 0.15) is 51.1 Å². The average Bonchev–Trinajstić information content (AvgIpc) is 2.75. The molecule has 4 unspecified atom stereocenters. The van der Waals surface area contributed by atoms with E-state index in [1.54, 1.807) is 0 Å². The lowest BCUT2D eigenvalue weighted by Gasteiger charge is -2.36. The molecular weight excluding hydrogens is 248 g/mol. The second-order valence-corrected chi connectivity index (χ2v) is 6.36. The number of hydrogen-bond acceptors (Lipinski definition) is 2. The van der Waals surface area contributed by atoms with E-state index >= 15 is 0 Å². The minimum absolute atomic E-state index is 0.142. The van der Waals surface area contributed by atoms with E-state index in [0.29, 0.717) is 6.04 Å². The summed E-state index contributed by atoms with van der Waals surface area (Å²) in [5, 5.41) is 3.46. The van der Waals surface area contributed by atoms with Crippen molar-refractivity contribution in [3.63, 3.8) is 0 Å². The molecule has 3 nitrogen and oxygen atoms in total. The lowest BCUT2D eigenvalue weighted by molar-refractivity contribution is -0.133. The monoisotopic (exact) mass is 272 g/mol. The Bertz CT molecular complexity index is 473. The van der Waals surface area contributed by atoms with Crippen LogP contribution in [0.2, 0.25) is 0 Å². The number of nitrogens with one attached hydrogen (secondary N) is 1. The van der Waals surface area contributed by atoms with E-state index in [1.807, 2.05) is 30.3 Å². The van der Waals surface area contributed by atoms with Crippen LogP contribution in [0, 0.1) is 5.92 Å². The van der Waals surface area contributed by atoms with Crippen molar-refractivity contribution < 1.29 is 4.79 Å². The fourth-order valence-electron chi connectivity index (χ4n) is 3.77. The maximum absolute atomic E-state index is 12.8. The van der Waals surface area contributed by atoms with Crippen molar-refractivity contribution >= 4 is 5.91 Å². The first kappa shape index (κ1) is 13.6. The summed E-state index contributed by atoms with van der Waals surface area (Å²) in [5.41, 5.74) is 1.08. The molecule has 20 heavy (non-hydrogen) atoms. The highest BCUT2D eigenvalue weighted by Crippen LogP contribution is 2.33. The average molecular weight is 272 g/mol. The first-order chi connectivity index (χ1) is 9.66. The molecule has 2 aliphatic rings. The summed E-state index contributed by atoms with van der Waals surface area (Å²) in [6.07, 6.45) is 5.01. The summed E-state index contributed by atoms with van der Waals surface area (Å²) >= 11 is 0. The van der Waals surface area contributed by atoms with E-state index in [2.05, 4.69) is 24.1 Å². The summed E-state index contributed by atoms with van der Waals surface area (Å²) < 4.78 is 0. The highest BCUT2D eigenvalue weighted by Gasteiger charge is 2.41. The molecule has 1 N–H and O–H groups in total. The third-order valence-corrected chi connectivity index (χ3v) is 4.76. The van der Waals surface area contributed by atoms with Crippen LogP contribution >= 0.6 is 0 Å². The Morgan fingerprint density at radius 1 is 1.15 bits per heavy atom. The zero-order chi connectivity index (χ0) is 14.1. The third-order valence-electron chi connectivity index (χ3n) is 4.76. The van der Waals surface area contributed by atoms with Gasteiger partial charge < -0.3 is 4.90 Å². The number of nitrogens with zero attached hydrogens (tertiary/aromatic N) is 1. The number of hydrogen-bond donors (Lipinski definition) is 1. The van der Waals surface area contributed by atoms with Crippen LogP contribution in [0.15, 0.2) is 30.3 Å². The molecule has 3 heteroatoms. The van der Waals surface area contributed by atoms with Crippen molar-refractivity contribution in [2.24, 2.45) is 5.92 Å². The minimum Gasteiger partial charge on any atom is -0.323 e.